The molecule has 0 aromatic rings. The van der Waals surface area contributed by atoms with Gasteiger partial charge in [-0.2, -0.15) is 0 Å². The van der Waals surface area contributed by atoms with Gasteiger partial charge in [-0.3, -0.25) is 9.59 Å². The molecule has 0 radical (unpaired) electrons. The van der Waals surface area contributed by atoms with Crippen LogP contribution >= 0.6 is 0 Å². The first kappa shape index (κ1) is 15.2. The van der Waals surface area contributed by atoms with Crippen molar-refractivity contribution >= 4 is 11.8 Å². The first-order valence-corrected chi connectivity index (χ1v) is 7.19. The molecule has 2 atom stereocenters. The van der Waals surface area contributed by atoms with Crippen molar-refractivity contribution < 1.29 is 19.1 Å². The van der Waals surface area contributed by atoms with Crippen LogP contribution in [0.5, 0.6) is 0 Å². The van der Waals surface area contributed by atoms with Gasteiger partial charge in [-0.1, -0.05) is 0 Å². The van der Waals surface area contributed by atoms with Gasteiger partial charge in [-0.15, -0.1) is 0 Å². The maximum absolute atomic E-state index is 11.9. The summed E-state index contributed by atoms with van der Waals surface area (Å²) in [5, 5.41) is 2.76. The second-order valence-electron chi connectivity index (χ2n) is 5.09. The molecule has 2 rings (SSSR count). The summed E-state index contributed by atoms with van der Waals surface area (Å²) in [6.45, 7) is 3.25. The third-order valence-electron chi connectivity index (χ3n) is 3.66. The normalized spacial score (nSPS) is 26.6. The maximum Gasteiger partial charge on any atom is 0.249 e. The van der Waals surface area contributed by atoms with E-state index in [1.165, 1.54) is 0 Å². The number of nitrogens with one attached hydrogen (secondary N) is 1. The molecular formula is C13H23N3O4. The number of carbonyl (C=O) groups is 2. The average Bonchev–Trinajstić information content (AvgIpc) is 2.97. The van der Waals surface area contributed by atoms with E-state index in [4.69, 9.17) is 15.2 Å². The molecule has 2 unspecified atom stereocenters. The molecule has 7 heteroatoms. The van der Waals surface area contributed by atoms with Gasteiger partial charge in [-0.05, 0) is 12.8 Å². The molecule has 2 aliphatic heterocycles. The van der Waals surface area contributed by atoms with Crippen molar-refractivity contribution in [1.82, 2.24) is 10.2 Å². The second-order valence-corrected chi connectivity index (χ2v) is 5.09. The van der Waals surface area contributed by atoms with Crippen molar-refractivity contribution in [2.24, 2.45) is 5.73 Å². The fourth-order valence-electron chi connectivity index (χ4n) is 2.45. The first-order valence-electron chi connectivity index (χ1n) is 7.19. The number of hydrogen-bond acceptors (Lipinski definition) is 5. The number of rotatable bonds is 5. The standard InChI is InChI=1S/C13H23N3O4/c14-9-10-1-2-11(20-10)13(18)15-4-3-12(17)16-5-7-19-8-6-16/h10-11H,1-9,14H2,(H,15,18). The molecule has 0 bridgehead atoms. The molecule has 2 aliphatic rings. The molecular weight excluding hydrogens is 262 g/mol. The molecule has 0 aromatic carbocycles. The zero-order valence-corrected chi connectivity index (χ0v) is 11.7. The molecule has 0 aromatic heterocycles. The Morgan fingerprint density at radius 1 is 1.25 bits per heavy atom. The summed E-state index contributed by atoms with van der Waals surface area (Å²) < 4.78 is 10.7. The lowest BCUT2D eigenvalue weighted by Crippen LogP contribution is -2.43. The minimum atomic E-state index is -0.415. The van der Waals surface area contributed by atoms with E-state index in [-0.39, 0.29) is 17.9 Å². The number of carbonyl (C=O) groups excluding carboxylic acids is 2. The molecule has 2 saturated heterocycles. The molecule has 2 amide bonds. The molecule has 7 nitrogen and oxygen atoms in total. The van der Waals surface area contributed by atoms with Gasteiger partial charge in [0.2, 0.25) is 11.8 Å². The van der Waals surface area contributed by atoms with Crippen LogP contribution in [0.3, 0.4) is 0 Å². The highest BCUT2D eigenvalue weighted by Gasteiger charge is 2.29. The minimum absolute atomic E-state index is 0.0132. The van der Waals surface area contributed by atoms with Crippen molar-refractivity contribution in [2.45, 2.75) is 31.5 Å². The van der Waals surface area contributed by atoms with E-state index in [9.17, 15) is 9.59 Å². The lowest BCUT2D eigenvalue weighted by atomic mass is 10.2. The van der Waals surface area contributed by atoms with Crippen molar-refractivity contribution in [3.05, 3.63) is 0 Å². The smallest absolute Gasteiger partial charge is 0.249 e. The molecule has 20 heavy (non-hydrogen) atoms. The van der Waals surface area contributed by atoms with E-state index in [2.05, 4.69) is 5.32 Å². The van der Waals surface area contributed by atoms with E-state index in [1.54, 1.807) is 4.90 Å². The fraction of sp³-hybridized carbons (Fsp3) is 0.846. The van der Waals surface area contributed by atoms with Crippen LogP contribution in [0.25, 0.3) is 0 Å². The SMILES string of the molecule is NCC1CCC(C(=O)NCCC(=O)N2CCOCC2)O1. The maximum atomic E-state index is 11.9. The molecule has 0 aliphatic carbocycles. The van der Waals surface area contributed by atoms with Crippen LogP contribution in [0.15, 0.2) is 0 Å². The summed E-state index contributed by atoms with van der Waals surface area (Å²) in [6, 6.07) is 0. The van der Waals surface area contributed by atoms with E-state index in [1.807, 2.05) is 0 Å². The number of nitrogens with zero attached hydrogens (tertiary/aromatic N) is 1. The Labute approximate surface area is 118 Å². The van der Waals surface area contributed by atoms with Crippen molar-refractivity contribution in [3.8, 4) is 0 Å². The largest absolute Gasteiger partial charge is 0.378 e. The van der Waals surface area contributed by atoms with E-state index in [0.717, 1.165) is 6.42 Å². The Morgan fingerprint density at radius 2 is 2.00 bits per heavy atom. The van der Waals surface area contributed by atoms with E-state index >= 15 is 0 Å². The fourth-order valence-corrected chi connectivity index (χ4v) is 2.45. The van der Waals surface area contributed by atoms with Crippen molar-refractivity contribution in [1.29, 1.82) is 0 Å². The van der Waals surface area contributed by atoms with Gasteiger partial charge in [0, 0.05) is 32.6 Å². The van der Waals surface area contributed by atoms with Crippen LogP contribution in [0.1, 0.15) is 19.3 Å². The van der Waals surface area contributed by atoms with E-state index < -0.39 is 6.10 Å². The Hall–Kier alpha value is -1.18. The lowest BCUT2D eigenvalue weighted by molar-refractivity contribution is -0.135. The zero-order chi connectivity index (χ0) is 14.4. The number of morpholine rings is 1. The molecule has 3 N–H and O–H groups in total. The zero-order valence-electron chi connectivity index (χ0n) is 11.7. The molecule has 0 spiro atoms. The van der Waals surface area contributed by atoms with Gasteiger partial charge in [0.1, 0.15) is 6.10 Å². The Bertz CT molecular complexity index is 345. The van der Waals surface area contributed by atoms with Crippen LogP contribution in [-0.4, -0.2) is 68.3 Å². The van der Waals surface area contributed by atoms with Crippen LogP contribution in [0.4, 0.5) is 0 Å². The topological polar surface area (TPSA) is 93.9 Å². The summed E-state index contributed by atoms with van der Waals surface area (Å²) in [5.41, 5.74) is 5.50. The average molecular weight is 285 g/mol. The minimum Gasteiger partial charge on any atom is -0.378 e. The van der Waals surface area contributed by atoms with Gasteiger partial charge in [0.05, 0.1) is 19.3 Å². The summed E-state index contributed by atoms with van der Waals surface area (Å²) in [7, 11) is 0. The quantitative estimate of drug-likeness (QED) is 0.666. The van der Waals surface area contributed by atoms with Crippen molar-refractivity contribution in [3.63, 3.8) is 0 Å². The van der Waals surface area contributed by atoms with Gasteiger partial charge in [-0.25, -0.2) is 0 Å². The van der Waals surface area contributed by atoms with Gasteiger partial charge >= 0.3 is 0 Å². The van der Waals surface area contributed by atoms with Crippen LogP contribution < -0.4 is 11.1 Å². The third-order valence-corrected chi connectivity index (χ3v) is 3.66. The molecule has 2 fully saturated rings. The Morgan fingerprint density at radius 3 is 2.65 bits per heavy atom. The highest BCUT2D eigenvalue weighted by Crippen LogP contribution is 2.18. The highest BCUT2D eigenvalue weighted by atomic mass is 16.5. The second kappa shape index (κ2) is 7.56. The summed E-state index contributed by atoms with van der Waals surface area (Å²) in [5.74, 6) is -0.0866. The summed E-state index contributed by atoms with van der Waals surface area (Å²) in [4.78, 5) is 25.5. The Balaban J connectivity index is 1.62. The number of hydrogen-bond donors (Lipinski definition) is 2. The van der Waals surface area contributed by atoms with Gasteiger partial charge in [0.15, 0.2) is 0 Å². The van der Waals surface area contributed by atoms with Crippen LogP contribution in [0, 0.1) is 0 Å². The number of nitrogens with two attached hydrogens (primary N) is 1. The number of ether oxygens (including phenoxy) is 2. The van der Waals surface area contributed by atoms with Crippen LogP contribution in [0.2, 0.25) is 0 Å². The summed E-state index contributed by atoms with van der Waals surface area (Å²) in [6.07, 6.45) is 1.41. The first-order chi connectivity index (χ1) is 9.70. The predicted molar refractivity (Wildman–Crippen MR) is 72.0 cm³/mol. The molecule has 114 valence electrons. The van der Waals surface area contributed by atoms with Crippen molar-refractivity contribution in [2.75, 3.05) is 39.4 Å². The summed E-state index contributed by atoms with van der Waals surface area (Å²) >= 11 is 0. The number of amides is 2. The highest BCUT2D eigenvalue weighted by molar-refractivity contribution is 5.82. The molecule has 2 heterocycles. The van der Waals surface area contributed by atoms with E-state index in [0.29, 0.717) is 52.2 Å². The van der Waals surface area contributed by atoms with Gasteiger partial charge in [0.25, 0.3) is 0 Å². The van der Waals surface area contributed by atoms with Crippen LogP contribution in [-0.2, 0) is 19.1 Å². The predicted octanol–water partition coefficient (Wildman–Crippen LogP) is -1.14. The third kappa shape index (κ3) is 4.16. The Kier molecular flexibility index (Phi) is 5.75. The lowest BCUT2D eigenvalue weighted by Gasteiger charge is -2.26. The molecule has 0 saturated carbocycles. The van der Waals surface area contributed by atoms with Gasteiger partial charge < -0.3 is 25.4 Å². The monoisotopic (exact) mass is 285 g/mol.